The molecule has 6 nitrogen and oxygen atoms in total. The molecule has 1 aliphatic heterocycles. The normalized spacial score (nSPS) is 17.4. The van der Waals surface area contributed by atoms with Gasteiger partial charge in [-0.3, -0.25) is 4.79 Å². The van der Waals surface area contributed by atoms with Gasteiger partial charge in [0.05, 0.1) is 0 Å². The van der Waals surface area contributed by atoms with E-state index in [2.05, 4.69) is 34.7 Å². The van der Waals surface area contributed by atoms with E-state index in [1.54, 1.807) is 0 Å². The van der Waals surface area contributed by atoms with Gasteiger partial charge in [-0.05, 0) is 51.2 Å². The van der Waals surface area contributed by atoms with Gasteiger partial charge in [0.25, 0.3) is 5.91 Å². The van der Waals surface area contributed by atoms with Crippen molar-refractivity contribution in [2.24, 2.45) is 0 Å². The maximum absolute atomic E-state index is 13.0. The first-order valence-electron chi connectivity index (χ1n) is 9.68. The van der Waals surface area contributed by atoms with Gasteiger partial charge in [0.15, 0.2) is 0 Å². The summed E-state index contributed by atoms with van der Waals surface area (Å²) in [7, 11) is 8.17. The second kappa shape index (κ2) is 8.57. The third kappa shape index (κ3) is 4.69. The Morgan fingerprint density at radius 3 is 2.59 bits per heavy atom. The van der Waals surface area contributed by atoms with Gasteiger partial charge in [0.1, 0.15) is 5.82 Å². The molecule has 0 N–H and O–H groups in total. The number of hydrogen-bond donors (Lipinski definition) is 0. The third-order valence-corrected chi connectivity index (χ3v) is 5.24. The minimum atomic E-state index is 0.122. The molecule has 0 radical (unpaired) electrons. The van der Waals surface area contributed by atoms with E-state index in [-0.39, 0.29) is 5.91 Å². The van der Waals surface area contributed by atoms with Crippen molar-refractivity contribution in [3.05, 3.63) is 48.0 Å². The molecule has 0 bridgehead atoms. The highest BCUT2D eigenvalue weighted by molar-refractivity contribution is 5.94. The molecule has 27 heavy (non-hydrogen) atoms. The average molecular weight is 370 g/mol. The van der Waals surface area contributed by atoms with E-state index in [0.29, 0.717) is 5.92 Å². The van der Waals surface area contributed by atoms with Gasteiger partial charge >= 0.3 is 0 Å². The molecule has 1 atom stereocenters. The zero-order valence-corrected chi connectivity index (χ0v) is 16.9. The van der Waals surface area contributed by atoms with Crippen LogP contribution in [0.25, 0.3) is 0 Å². The van der Waals surface area contributed by atoms with Crippen molar-refractivity contribution >= 4 is 11.6 Å². The van der Waals surface area contributed by atoms with Crippen LogP contribution in [0.2, 0.25) is 0 Å². The molecule has 1 aromatic carbocycles. The van der Waals surface area contributed by atoms with Crippen molar-refractivity contribution in [2.75, 3.05) is 52.7 Å². The van der Waals surface area contributed by atoms with Gasteiger partial charge in [-0.25, -0.2) is 4.98 Å². The summed E-state index contributed by atoms with van der Waals surface area (Å²) in [6, 6.07) is 7.86. The van der Waals surface area contributed by atoms with E-state index in [0.717, 1.165) is 56.1 Å². The van der Waals surface area contributed by atoms with Crippen LogP contribution in [0.4, 0.5) is 5.69 Å². The van der Waals surface area contributed by atoms with Crippen molar-refractivity contribution in [2.45, 2.75) is 25.3 Å². The van der Waals surface area contributed by atoms with E-state index in [4.69, 9.17) is 0 Å². The second-order valence-corrected chi connectivity index (χ2v) is 7.81. The number of rotatable bonds is 6. The highest BCUT2D eigenvalue weighted by Crippen LogP contribution is 2.27. The van der Waals surface area contributed by atoms with Gasteiger partial charge in [0, 0.05) is 69.8 Å². The number of likely N-dealkylation sites (tertiary alicyclic amines) is 1. The third-order valence-electron chi connectivity index (χ3n) is 5.24. The molecule has 0 unspecified atom stereocenters. The summed E-state index contributed by atoms with van der Waals surface area (Å²) < 4.78 is 2.24. The molecule has 0 spiro atoms. The number of piperidine rings is 1. The van der Waals surface area contributed by atoms with Crippen molar-refractivity contribution in [1.29, 1.82) is 0 Å². The number of aromatic nitrogens is 2. The van der Waals surface area contributed by atoms with Crippen molar-refractivity contribution in [1.82, 2.24) is 19.4 Å². The first-order chi connectivity index (χ1) is 13.0. The zero-order chi connectivity index (χ0) is 19.4. The second-order valence-electron chi connectivity index (χ2n) is 7.81. The summed E-state index contributed by atoms with van der Waals surface area (Å²) in [4.78, 5) is 23.8. The highest BCUT2D eigenvalue weighted by Gasteiger charge is 2.28. The van der Waals surface area contributed by atoms with Crippen LogP contribution in [0, 0.1) is 0 Å². The Labute approximate surface area is 162 Å². The SMILES string of the molecule is CN(C)CCn1ccnc1[C@H]1CCCN(C(=O)c2ccc(N(C)C)cc2)C1. The quantitative estimate of drug-likeness (QED) is 0.785. The predicted octanol–water partition coefficient (Wildman–Crippen LogP) is 2.53. The number of carbonyl (C=O) groups excluding carboxylic acids is 1. The number of nitrogens with zero attached hydrogens (tertiary/aromatic N) is 5. The number of likely N-dealkylation sites (N-methyl/N-ethyl adjacent to an activating group) is 1. The van der Waals surface area contributed by atoms with Crippen molar-refractivity contribution < 1.29 is 4.79 Å². The number of imidazole rings is 1. The number of hydrogen-bond acceptors (Lipinski definition) is 4. The highest BCUT2D eigenvalue weighted by atomic mass is 16.2. The van der Waals surface area contributed by atoms with E-state index in [1.165, 1.54) is 0 Å². The molecule has 2 heterocycles. The van der Waals surface area contributed by atoms with Gasteiger partial charge < -0.3 is 19.3 Å². The monoisotopic (exact) mass is 369 g/mol. The average Bonchev–Trinajstić information content (AvgIpc) is 3.14. The molecule has 1 aliphatic rings. The van der Waals surface area contributed by atoms with Crippen molar-refractivity contribution in [3.63, 3.8) is 0 Å². The Hall–Kier alpha value is -2.34. The first kappa shape index (κ1) is 19.4. The van der Waals surface area contributed by atoms with E-state index >= 15 is 0 Å². The lowest BCUT2D eigenvalue weighted by Gasteiger charge is -2.33. The maximum Gasteiger partial charge on any atom is 0.253 e. The summed E-state index contributed by atoms with van der Waals surface area (Å²) in [5.41, 5.74) is 1.86. The van der Waals surface area contributed by atoms with Gasteiger partial charge in [0.2, 0.25) is 0 Å². The number of anilines is 1. The fourth-order valence-electron chi connectivity index (χ4n) is 3.63. The fraction of sp³-hybridized carbons (Fsp3) is 0.524. The van der Waals surface area contributed by atoms with Crippen LogP contribution >= 0.6 is 0 Å². The summed E-state index contributed by atoms with van der Waals surface area (Å²) >= 11 is 0. The van der Waals surface area contributed by atoms with Crippen LogP contribution in [0.3, 0.4) is 0 Å². The molecule has 2 aromatic rings. The Kier molecular flexibility index (Phi) is 6.16. The standard InChI is InChI=1S/C21H31N5O/c1-23(2)14-15-25-13-11-22-20(25)18-6-5-12-26(16-18)21(27)17-7-9-19(10-8-17)24(3)4/h7-11,13,18H,5-6,12,14-16H2,1-4H3/t18-/m0/s1. The number of amides is 1. The van der Waals surface area contributed by atoms with Gasteiger partial charge in [-0.2, -0.15) is 0 Å². The summed E-state index contributed by atoms with van der Waals surface area (Å²) in [5.74, 6) is 1.54. The lowest BCUT2D eigenvalue weighted by molar-refractivity contribution is 0.0703. The van der Waals surface area contributed by atoms with E-state index in [1.807, 2.05) is 54.4 Å². The van der Waals surface area contributed by atoms with Gasteiger partial charge in [-0.15, -0.1) is 0 Å². The Morgan fingerprint density at radius 2 is 1.93 bits per heavy atom. The molecule has 1 saturated heterocycles. The first-order valence-corrected chi connectivity index (χ1v) is 9.68. The molecule has 1 aromatic heterocycles. The van der Waals surface area contributed by atoms with Crippen LogP contribution < -0.4 is 4.90 Å². The molecular weight excluding hydrogens is 338 g/mol. The Morgan fingerprint density at radius 1 is 1.19 bits per heavy atom. The Balaban J connectivity index is 1.69. The van der Waals surface area contributed by atoms with Crippen LogP contribution in [-0.2, 0) is 6.54 Å². The Bertz CT molecular complexity index is 750. The summed E-state index contributed by atoms with van der Waals surface area (Å²) in [6.45, 7) is 3.48. The van der Waals surface area contributed by atoms with Gasteiger partial charge in [-0.1, -0.05) is 0 Å². The molecule has 146 valence electrons. The van der Waals surface area contributed by atoms with Crippen LogP contribution in [0.5, 0.6) is 0 Å². The molecule has 0 aliphatic carbocycles. The lowest BCUT2D eigenvalue weighted by atomic mass is 9.96. The number of benzene rings is 1. The molecule has 3 rings (SSSR count). The number of carbonyl (C=O) groups is 1. The fourth-order valence-corrected chi connectivity index (χ4v) is 3.63. The largest absolute Gasteiger partial charge is 0.378 e. The van der Waals surface area contributed by atoms with E-state index in [9.17, 15) is 4.79 Å². The smallest absolute Gasteiger partial charge is 0.253 e. The van der Waals surface area contributed by atoms with E-state index < -0.39 is 0 Å². The molecule has 1 amide bonds. The maximum atomic E-state index is 13.0. The molecular formula is C21H31N5O. The minimum absolute atomic E-state index is 0.122. The summed E-state index contributed by atoms with van der Waals surface area (Å²) in [6.07, 6.45) is 6.04. The molecule has 1 fully saturated rings. The predicted molar refractivity (Wildman–Crippen MR) is 109 cm³/mol. The van der Waals surface area contributed by atoms with Crippen LogP contribution in [-0.4, -0.2) is 73.1 Å². The lowest BCUT2D eigenvalue weighted by Crippen LogP contribution is -2.40. The van der Waals surface area contributed by atoms with Crippen molar-refractivity contribution in [3.8, 4) is 0 Å². The topological polar surface area (TPSA) is 44.6 Å². The zero-order valence-electron chi connectivity index (χ0n) is 16.9. The summed E-state index contributed by atoms with van der Waals surface area (Å²) in [5, 5.41) is 0. The minimum Gasteiger partial charge on any atom is -0.378 e. The van der Waals surface area contributed by atoms with Crippen LogP contribution in [0.1, 0.15) is 34.9 Å². The molecule has 0 saturated carbocycles. The molecule has 6 heteroatoms. The van der Waals surface area contributed by atoms with Crippen LogP contribution in [0.15, 0.2) is 36.7 Å².